The van der Waals surface area contributed by atoms with Gasteiger partial charge in [-0.1, -0.05) is 0 Å². The summed E-state index contributed by atoms with van der Waals surface area (Å²) >= 11 is 0. The van der Waals surface area contributed by atoms with Crippen molar-refractivity contribution in [1.29, 1.82) is 0 Å². The number of carbonyl (C=O) groups is 1. The van der Waals surface area contributed by atoms with Gasteiger partial charge < -0.3 is 14.5 Å². The van der Waals surface area contributed by atoms with Crippen LogP contribution in [0.2, 0.25) is 0 Å². The molecule has 1 aliphatic rings. The number of aromatic carboxylic acids is 1. The van der Waals surface area contributed by atoms with E-state index in [1.54, 1.807) is 0 Å². The molecule has 0 unspecified atom stereocenters. The highest BCUT2D eigenvalue weighted by atomic mass is 16.4. The number of carboxylic acids is 1. The molecule has 0 saturated carbocycles. The molecule has 16 heavy (non-hydrogen) atoms. The van der Waals surface area contributed by atoms with E-state index in [-0.39, 0.29) is 5.69 Å². The molecule has 0 aliphatic heterocycles. The Morgan fingerprint density at radius 3 is 3.06 bits per heavy atom. The molecule has 0 bridgehead atoms. The molecular formula is C11H10N2O3. The maximum atomic E-state index is 10.7. The van der Waals surface area contributed by atoms with E-state index >= 15 is 0 Å². The van der Waals surface area contributed by atoms with Crippen molar-refractivity contribution < 1.29 is 14.3 Å². The first kappa shape index (κ1) is 9.21. The number of furan rings is 1. The third-order valence-corrected chi connectivity index (χ3v) is 2.79. The molecule has 5 heteroatoms. The zero-order chi connectivity index (χ0) is 11.1. The molecule has 0 spiro atoms. The van der Waals surface area contributed by atoms with Crippen LogP contribution in [0.15, 0.2) is 16.7 Å². The number of nitrogens with zero attached hydrogens (tertiary/aromatic N) is 1. The molecule has 0 amide bonds. The molecule has 2 heterocycles. The van der Waals surface area contributed by atoms with Gasteiger partial charge in [0.15, 0.2) is 11.6 Å². The number of rotatable bonds is 2. The normalized spacial score (nSPS) is 14.0. The van der Waals surface area contributed by atoms with Crippen LogP contribution < -0.4 is 0 Å². The van der Waals surface area contributed by atoms with Crippen LogP contribution in [0.5, 0.6) is 0 Å². The second kappa shape index (κ2) is 3.23. The molecule has 2 aromatic heterocycles. The fourth-order valence-electron chi connectivity index (χ4n) is 2.00. The van der Waals surface area contributed by atoms with Gasteiger partial charge in [0.2, 0.25) is 0 Å². The minimum atomic E-state index is -1.02. The average molecular weight is 218 g/mol. The van der Waals surface area contributed by atoms with Crippen LogP contribution in [0.25, 0.3) is 11.6 Å². The summed E-state index contributed by atoms with van der Waals surface area (Å²) in [5.74, 6) is 1.09. The molecule has 0 aromatic carbocycles. The van der Waals surface area contributed by atoms with E-state index < -0.39 is 5.97 Å². The Kier molecular flexibility index (Phi) is 1.86. The summed E-state index contributed by atoms with van der Waals surface area (Å²) in [7, 11) is 0. The number of aromatic amines is 1. The number of aromatic nitrogens is 2. The third-order valence-electron chi connectivity index (χ3n) is 2.79. The van der Waals surface area contributed by atoms with E-state index in [1.807, 2.05) is 6.07 Å². The summed E-state index contributed by atoms with van der Waals surface area (Å²) in [6.45, 7) is 0. The molecule has 5 nitrogen and oxygen atoms in total. The van der Waals surface area contributed by atoms with Gasteiger partial charge in [0, 0.05) is 6.42 Å². The number of hydrogen-bond acceptors (Lipinski definition) is 3. The zero-order valence-corrected chi connectivity index (χ0v) is 8.49. The first-order chi connectivity index (χ1) is 7.74. The van der Waals surface area contributed by atoms with E-state index in [4.69, 9.17) is 9.52 Å². The fraction of sp³-hybridized carbons (Fsp3) is 0.273. The van der Waals surface area contributed by atoms with Crippen LogP contribution >= 0.6 is 0 Å². The average Bonchev–Trinajstić information content (AvgIpc) is 2.91. The molecule has 0 fully saturated rings. The monoisotopic (exact) mass is 218 g/mol. The summed E-state index contributed by atoms with van der Waals surface area (Å²) in [4.78, 5) is 17.4. The number of carboxylic acid groups (broad SMARTS) is 1. The van der Waals surface area contributed by atoms with Gasteiger partial charge in [0.25, 0.3) is 0 Å². The minimum absolute atomic E-state index is 0.0755. The lowest BCUT2D eigenvalue weighted by Gasteiger charge is -1.91. The van der Waals surface area contributed by atoms with Crippen molar-refractivity contribution in [2.75, 3.05) is 0 Å². The molecule has 3 rings (SSSR count). The minimum Gasteiger partial charge on any atom is -0.477 e. The van der Waals surface area contributed by atoms with Gasteiger partial charge in [-0.15, -0.1) is 0 Å². The second-order valence-corrected chi connectivity index (χ2v) is 3.86. The first-order valence-electron chi connectivity index (χ1n) is 5.14. The van der Waals surface area contributed by atoms with E-state index in [9.17, 15) is 4.79 Å². The van der Waals surface area contributed by atoms with E-state index in [0.717, 1.165) is 25.0 Å². The largest absolute Gasteiger partial charge is 0.477 e. The lowest BCUT2D eigenvalue weighted by atomic mass is 10.2. The van der Waals surface area contributed by atoms with E-state index in [0.29, 0.717) is 11.6 Å². The smallest absolute Gasteiger partial charge is 0.353 e. The van der Waals surface area contributed by atoms with Crippen molar-refractivity contribution in [2.45, 2.75) is 19.3 Å². The Labute approximate surface area is 91.1 Å². The van der Waals surface area contributed by atoms with E-state index in [2.05, 4.69) is 9.97 Å². The quantitative estimate of drug-likeness (QED) is 0.806. The van der Waals surface area contributed by atoms with Crippen molar-refractivity contribution in [2.24, 2.45) is 0 Å². The molecule has 82 valence electrons. The summed E-state index contributed by atoms with van der Waals surface area (Å²) in [6, 6.07) is 1.94. The molecule has 2 aromatic rings. The van der Waals surface area contributed by atoms with Crippen molar-refractivity contribution >= 4 is 5.97 Å². The molecule has 0 radical (unpaired) electrons. The number of aryl methyl sites for hydroxylation is 2. The van der Waals surface area contributed by atoms with E-state index in [1.165, 1.54) is 11.8 Å². The Hall–Kier alpha value is -2.04. The topological polar surface area (TPSA) is 79.1 Å². The van der Waals surface area contributed by atoms with Crippen molar-refractivity contribution in [3.05, 3.63) is 29.3 Å². The van der Waals surface area contributed by atoms with Crippen LogP contribution in [-0.4, -0.2) is 21.0 Å². The highest BCUT2D eigenvalue weighted by molar-refractivity contribution is 5.85. The molecule has 2 N–H and O–H groups in total. The molecular weight excluding hydrogens is 208 g/mol. The Bertz CT molecular complexity index is 532. The maximum Gasteiger partial charge on any atom is 0.353 e. The zero-order valence-electron chi connectivity index (χ0n) is 8.49. The summed E-state index contributed by atoms with van der Waals surface area (Å²) < 4.78 is 5.62. The fourth-order valence-corrected chi connectivity index (χ4v) is 2.00. The summed E-state index contributed by atoms with van der Waals surface area (Å²) in [6.07, 6.45) is 4.42. The van der Waals surface area contributed by atoms with Crippen molar-refractivity contribution in [3.63, 3.8) is 0 Å². The first-order valence-corrected chi connectivity index (χ1v) is 5.14. The van der Waals surface area contributed by atoms with Crippen molar-refractivity contribution in [1.82, 2.24) is 9.97 Å². The molecule has 1 aliphatic carbocycles. The number of nitrogens with one attached hydrogen (secondary N) is 1. The lowest BCUT2D eigenvalue weighted by molar-refractivity contribution is 0.0691. The highest BCUT2D eigenvalue weighted by Gasteiger charge is 2.19. The van der Waals surface area contributed by atoms with Gasteiger partial charge in [-0.3, -0.25) is 0 Å². The molecule has 0 saturated heterocycles. The van der Waals surface area contributed by atoms with Gasteiger partial charge in [-0.2, -0.15) is 0 Å². The van der Waals surface area contributed by atoms with Crippen LogP contribution in [0.4, 0.5) is 0 Å². The Morgan fingerprint density at radius 2 is 2.38 bits per heavy atom. The number of fused-ring (bicyclic) bond motifs is 1. The SMILES string of the molecule is O=C(O)c1cnc(-c2cc3c(o2)CCC3)[nH]1. The summed E-state index contributed by atoms with van der Waals surface area (Å²) in [5, 5.41) is 8.76. The maximum absolute atomic E-state index is 10.7. The standard InChI is InChI=1S/C11H10N2O3/c14-11(15)7-5-12-10(13-7)9-4-6-2-1-3-8(6)16-9/h4-5H,1-3H2,(H,12,13)(H,14,15). The van der Waals surface area contributed by atoms with Gasteiger partial charge in [-0.05, 0) is 24.5 Å². The predicted octanol–water partition coefficient (Wildman–Crippen LogP) is 1.86. The van der Waals surface area contributed by atoms with Crippen molar-refractivity contribution in [3.8, 4) is 11.6 Å². The highest BCUT2D eigenvalue weighted by Crippen LogP contribution is 2.29. The predicted molar refractivity (Wildman–Crippen MR) is 55.3 cm³/mol. The van der Waals surface area contributed by atoms with Gasteiger partial charge in [-0.25, -0.2) is 9.78 Å². The van der Waals surface area contributed by atoms with Gasteiger partial charge >= 0.3 is 5.97 Å². The Morgan fingerprint density at radius 1 is 1.50 bits per heavy atom. The van der Waals surface area contributed by atoms with Crippen LogP contribution in [0.1, 0.15) is 28.2 Å². The number of hydrogen-bond donors (Lipinski definition) is 2. The van der Waals surface area contributed by atoms with Crippen LogP contribution in [0, 0.1) is 0 Å². The second-order valence-electron chi connectivity index (χ2n) is 3.86. The van der Waals surface area contributed by atoms with Crippen LogP contribution in [-0.2, 0) is 12.8 Å². The lowest BCUT2D eigenvalue weighted by Crippen LogP contribution is -1.95. The number of H-pyrrole nitrogens is 1. The van der Waals surface area contributed by atoms with Gasteiger partial charge in [0.05, 0.1) is 6.20 Å². The third kappa shape index (κ3) is 1.32. The van der Waals surface area contributed by atoms with Crippen LogP contribution in [0.3, 0.4) is 0 Å². The van der Waals surface area contributed by atoms with Gasteiger partial charge in [0.1, 0.15) is 11.5 Å². The summed E-state index contributed by atoms with van der Waals surface area (Å²) in [5.41, 5.74) is 1.29. The Balaban J connectivity index is 1.98. The number of imidazole rings is 1. The molecule has 0 atom stereocenters.